The van der Waals surface area contributed by atoms with Crippen molar-refractivity contribution in [2.24, 2.45) is 0 Å². The predicted octanol–water partition coefficient (Wildman–Crippen LogP) is 4.09. The quantitative estimate of drug-likeness (QED) is 0.601. The van der Waals surface area contributed by atoms with Crippen molar-refractivity contribution in [3.8, 4) is 11.8 Å². The molecule has 8 heteroatoms. The second-order valence-corrected chi connectivity index (χ2v) is 7.94. The molecular weight excluding hydrogens is 408 g/mol. The average Bonchev–Trinajstić information content (AvgIpc) is 2.79. The molecule has 1 fully saturated rings. The fourth-order valence-corrected chi connectivity index (χ4v) is 3.72. The lowest BCUT2D eigenvalue weighted by Gasteiger charge is -2.29. The molecule has 0 unspecified atom stereocenters. The summed E-state index contributed by atoms with van der Waals surface area (Å²) >= 11 is 0. The summed E-state index contributed by atoms with van der Waals surface area (Å²) in [5.41, 5.74) is 1.57. The highest BCUT2D eigenvalue weighted by atomic mass is 16.5. The number of rotatable bonds is 4. The molecule has 1 aliphatic heterocycles. The molecule has 0 spiro atoms. The van der Waals surface area contributed by atoms with Gasteiger partial charge in [-0.1, -0.05) is 0 Å². The maximum absolute atomic E-state index is 12.5. The highest BCUT2D eigenvalue weighted by Gasteiger charge is 2.20. The van der Waals surface area contributed by atoms with Gasteiger partial charge in [0.05, 0.1) is 11.6 Å². The van der Waals surface area contributed by atoms with Crippen LogP contribution in [-0.2, 0) is 0 Å². The van der Waals surface area contributed by atoms with E-state index in [9.17, 15) is 9.59 Å². The Labute approximate surface area is 185 Å². The third-order valence-corrected chi connectivity index (χ3v) is 5.58. The average molecular weight is 432 g/mol. The summed E-state index contributed by atoms with van der Waals surface area (Å²) in [6.07, 6.45) is 2.05. The van der Waals surface area contributed by atoms with Gasteiger partial charge in [-0.2, -0.15) is 5.26 Å². The minimum absolute atomic E-state index is 0.0343. The number of benzene rings is 2. The van der Waals surface area contributed by atoms with Gasteiger partial charge in [-0.15, -0.1) is 0 Å². The fraction of sp³-hybridized carbons (Fsp3) is 0.292. The molecule has 8 nitrogen and oxygen atoms in total. The SMILES string of the molecule is Cc1c(OC2CCN(C)CC2)ccc2cc(NC(=O)Nc3ccc(C#N)cc3)c(=O)oc12. The molecule has 2 heterocycles. The highest BCUT2D eigenvalue weighted by Crippen LogP contribution is 2.29. The molecule has 0 bridgehead atoms. The van der Waals surface area contributed by atoms with Gasteiger partial charge in [-0.3, -0.25) is 0 Å². The molecule has 164 valence electrons. The third-order valence-electron chi connectivity index (χ3n) is 5.58. The summed E-state index contributed by atoms with van der Waals surface area (Å²) < 4.78 is 11.7. The van der Waals surface area contributed by atoms with Crippen LogP contribution in [0.3, 0.4) is 0 Å². The smallest absolute Gasteiger partial charge is 0.360 e. The number of carbonyl (C=O) groups excluding carboxylic acids is 1. The van der Waals surface area contributed by atoms with Gasteiger partial charge in [-0.05, 0) is 69.3 Å². The van der Waals surface area contributed by atoms with Crippen molar-refractivity contribution in [2.75, 3.05) is 30.8 Å². The maximum Gasteiger partial charge on any atom is 0.360 e. The molecule has 2 amide bonds. The number of amides is 2. The first-order valence-electron chi connectivity index (χ1n) is 10.4. The molecule has 2 N–H and O–H groups in total. The molecule has 2 aromatic carbocycles. The van der Waals surface area contributed by atoms with Crippen LogP contribution in [0.5, 0.6) is 5.75 Å². The minimum Gasteiger partial charge on any atom is -0.490 e. The number of carbonyl (C=O) groups is 1. The Kier molecular flexibility index (Phi) is 6.10. The van der Waals surface area contributed by atoms with Crippen molar-refractivity contribution in [3.63, 3.8) is 0 Å². The molecule has 0 atom stereocenters. The van der Waals surface area contributed by atoms with Gasteiger partial charge >= 0.3 is 11.7 Å². The number of likely N-dealkylation sites (tertiary alicyclic amines) is 1. The second kappa shape index (κ2) is 9.12. The van der Waals surface area contributed by atoms with Crippen LogP contribution >= 0.6 is 0 Å². The summed E-state index contributed by atoms with van der Waals surface area (Å²) in [7, 11) is 2.10. The zero-order chi connectivity index (χ0) is 22.7. The van der Waals surface area contributed by atoms with Crippen LogP contribution in [0.25, 0.3) is 11.0 Å². The normalized spacial score (nSPS) is 14.7. The Bertz CT molecular complexity index is 1240. The first-order valence-corrected chi connectivity index (χ1v) is 10.4. The van der Waals surface area contributed by atoms with Crippen LogP contribution in [0, 0.1) is 18.3 Å². The van der Waals surface area contributed by atoms with E-state index in [-0.39, 0.29) is 11.8 Å². The Hall–Kier alpha value is -3.83. The number of nitriles is 1. The van der Waals surface area contributed by atoms with Crippen LogP contribution in [0.4, 0.5) is 16.2 Å². The van der Waals surface area contributed by atoms with Crippen LogP contribution < -0.4 is 21.0 Å². The highest BCUT2D eigenvalue weighted by molar-refractivity contribution is 6.00. The van der Waals surface area contributed by atoms with E-state index in [0.29, 0.717) is 28.0 Å². The van der Waals surface area contributed by atoms with Crippen molar-refractivity contribution in [1.82, 2.24) is 4.90 Å². The van der Waals surface area contributed by atoms with Gasteiger partial charge in [0, 0.05) is 29.7 Å². The first kappa shape index (κ1) is 21.4. The van der Waals surface area contributed by atoms with E-state index in [2.05, 4.69) is 22.6 Å². The van der Waals surface area contributed by atoms with E-state index < -0.39 is 11.7 Å². The van der Waals surface area contributed by atoms with Gasteiger partial charge in [0.1, 0.15) is 23.1 Å². The number of hydrogen-bond donors (Lipinski definition) is 2. The Morgan fingerprint density at radius 3 is 2.56 bits per heavy atom. The molecule has 32 heavy (non-hydrogen) atoms. The van der Waals surface area contributed by atoms with E-state index in [4.69, 9.17) is 14.4 Å². The second-order valence-electron chi connectivity index (χ2n) is 7.94. The van der Waals surface area contributed by atoms with Gasteiger partial charge < -0.3 is 24.7 Å². The minimum atomic E-state index is -0.646. The number of fused-ring (bicyclic) bond motifs is 1. The largest absolute Gasteiger partial charge is 0.490 e. The summed E-state index contributed by atoms with van der Waals surface area (Å²) in [6.45, 7) is 3.85. The molecule has 0 saturated carbocycles. The molecule has 0 radical (unpaired) electrons. The van der Waals surface area contributed by atoms with E-state index in [1.54, 1.807) is 30.3 Å². The van der Waals surface area contributed by atoms with Crippen LogP contribution in [-0.4, -0.2) is 37.2 Å². The molecule has 1 aliphatic rings. The Morgan fingerprint density at radius 2 is 1.88 bits per heavy atom. The van der Waals surface area contributed by atoms with E-state index >= 15 is 0 Å². The summed E-state index contributed by atoms with van der Waals surface area (Å²) in [5.74, 6) is 0.703. The Morgan fingerprint density at radius 1 is 1.16 bits per heavy atom. The summed E-state index contributed by atoms with van der Waals surface area (Å²) in [5, 5.41) is 14.7. The lowest BCUT2D eigenvalue weighted by atomic mass is 10.1. The molecular formula is C24H24N4O4. The number of hydrogen-bond acceptors (Lipinski definition) is 6. The van der Waals surface area contributed by atoms with Crippen LogP contribution in [0.2, 0.25) is 0 Å². The zero-order valence-electron chi connectivity index (χ0n) is 18.0. The number of piperidine rings is 1. The molecule has 1 aromatic heterocycles. The van der Waals surface area contributed by atoms with Gasteiger partial charge in [-0.25, -0.2) is 9.59 Å². The first-order chi connectivity index (χ1) is 15.4. The third kappa shape index (κ3) is 4.74. The van der Waals surface area contributed by atoms with Crippen molar-refractivity contribution in [1.29, 1.82) is 5.26 Å². The fourth-order valence-electron chi connectivity index (χ4n) is 3.72. The van der Waals surface area contributed by atoms with Crippen molar-refractivity contribution in [3.05, 3.63) is 64.0 Å². The molecule has 3 aromatic rings. The monoisotopic (exact) mass is 432 g/mol. The van der Waals surface area contributed by atoms with Gasteiger partial charge in [0.25, 0.3) is 0 Å². The number of nitrogens with zero attached hydrogens (tertiary/aromatic N) is 2. The van der Waals surface area contributed by atoms with Gasteiger partial charge in [0.15, 0.2) is 0 Å². The standard InChI is InChI=1S/C24H24N4O4/c1-15-21(31-19-9-11-28(2)12-10-19)8-5-17-13-20(23(29)32-22(15)17)27-24(30)26-18-6-3-16(14-25)4-7-18/h3-8,13,19H,9-12H2,1-2H3,(H2,26,27,30). The van der Waals surface area contributed by atoms with Crippen LogP contribution in [0.1, 0.15) is 24.0 Å². The van der Waals surface area contributed by atoms with Crippen molar-refractivity contribution in [2.45, 2.75) is 25.9 Å². The number of urea groups is 1. The molecule has 1 saturated heterocycles. The summed E-state index contributed by atoms with van der Waals surface area (Å²) in [6, 6.07) is 13.1. The molecule has 4 rings (SSSR count). The maximum atomic E-state index is 12.5. The number of anilines is 2. The molecule has 0 aliphatic carbocycles. The number of ether oxygens (including phenoxy) is 1. The Balaban J connectivity index is 1.50. The van der Waals surface area contributed by atoms with E-state index in [1.165, 1.54) is 0 Å². The lowest BCUT2D eigenvalue weighted by molar-refractivity contribution is 0.113. The topological polar surface area (TPSA) is 108 Å². The number of aryl methyl sites for hydroxylation is 1. The van der Waals surface area contributed by atoms with Gasteiger partial charge in [0.2, 0.25) is 0 Å². The van der Waals surface area contributed by atoms with Crippen LogP contribution in [0.15, 0.2) is 51.7 Å². The lowest BCUT2D eigenvalue weighted by Crippen LogP contribution is -2.35. The van der Waals surface area contributed by atoms with E-state index in [0.717, 1.165) is 31.5 Å². The zero-order valence-corrected chi connectivity index (χ0v) is 18.0. The van der Waals surface area contributed by atoms with Crippen molar-refractivity contribution >= 4 is 28.4 Å². The number of nitrogens with one attached hydrogen (secondary N) is 2. The van der Waals surface area contributed by atoms with E-state index in [1.807, 2.05) is 25.1 Å². The predicted molar refractivity (Wildman–Crippen MR) is 122 cm³/mol. The summed E-state index contributed by atoms with van der Waals surface area (Å²) in [4.78, 5) is 27.1. The van der Waals surface area contributed by atoms with Crippen molar-refractivity contribution < 1.29 is 13.9 Å².